The van der Waals surface area contributed by atoms with Gasteiger partial charge in [0.25, 0.3) is 0 Å². The Morgan fingerprint density at radius 3 is 2.53 bits per heavy atom. The van der Waals surface area contributed by atoms with E-state index >= 15 is 0 Å². The first kappa shape index (κ1) is 11.6. The van der Waals surface area contributed by atoms with E-state index in [-0.39, 0.29) is 5.69 Å². The SMILES string of the molecule is CC(C)(N)C(=O)Nc1cccc(F)c1F. The van der Waals surface area contributed by atoms with Gasteiger partial charge in [0.1, 0.15) is 0 Å². The van der Waals surface area contributed by atoms with E-state index in [1.54, 1.807) is 0 Å². The molecule has 0 radical (unpaired) electrons. The first-order valence-electron chi connectivity index (χ1n) is 4.36. The molecule has 0 aliphatic carbocycles. The zero-order valence-corrected chi connectivity index (χ0v) is 8.47. The van der Waals surface area contributed by atoms with Crippen molar-refractivity contribution in [1.82, 2.24) is 0 Å². The highest BCUT2D eigenvalue weighted by Crippen LogP contribution is 2.17. The third-order valence-corrected chi connectivity index (χ3v) is 1.79. The molecule has 82 valence electrons. The summed E-state index contributed by atoms with van der Waals surface area (Å²) in [6.45, 7) is 2.94. The van der Waals surface area contributed by atoms with Crippen LogP contribution < -0.4 is 11.1 Å². The lowest BCUT2D eigenvalue weighted by molar-refractivity contribution is -0.120. The molecule has 0 aromatic heterocycles. The Morgan fingerprint density at radius 2 is 2.00 bits per heavy atom. The lowest BCUT2D eigenvalue weighted by Gasteiger charge is -2.17. The molecule has 0 fully saturated rings. The molecule has 1 aromatic carbocycles. The van der Waals surface area contributed by atoms with Crippen molar-refractivity contribution in [1.29, 1.82) is 0 Å². The molecule has 0 spiro atoms. The summed E-state index contributed by atoms with van der Waals surface area (Å²) in [7, 11) is 0. The van der Waals surface area contributed by atoms with Gasteiger partial charge in [-0.2, -0.15) is 0 Å². The number of hydrogen-bond donors (Lipinski definition) is 2. The van der Waals surface area contributed by atoms with Crippen molar-refractivity contribution in [2.24, 2.45) is 5.73 Å². The molecule has 0 aliphatic rings. The number of benzene rings is 1. The molecule has 1 aromatic rings. The predicted molar refractivity (Wildman–Crippen MR) is 53.3 cm³/mol. The number of halogens is 2. The van der Waals surface area contributed by atoms with Gasteiger partial charge in [-0.3, -0.25) is 4.79 Å². The molecule has 0 bridgehead atoms. The second-order valence-electron chi connectivity index (χ2n) is 3.78. The maximum atomic E-state index is 13.1. The molecule has 0 saturated carbocycles. The average molecular weight is 214 g/mol. The summed E-state index contributed by atoms with van der Waals surface area (Å²) >= 11 is 0. The van der Waals surface area contributed by atoms with Crippen LogP contribution in [0.1, 0.15) is 13.8 Å². The van der Waals surface area contributed by atoms with Gasteiger partial charge in [0.2, 0.25) is 5.91 Å². The van der Waals surface area contributed by atoms with E-state index in [0.717, 1.165) is 6.07 Å². The fraction of sp³-hybridized carbons (Fsp3) is 0.300. The van der Waals surface area contributed by atoms with Crippen LogP contribution in [-0.4, -0.2) is 11.4 Å². The number of rotatable bonds is 2. The highest BCUT2D eigenvalue weighted by Gasteiger charge is 2.23. The van der Waals surface area contributed by atoms with Gasteiger partial charge in [0.05, 0.1) is 11.2 Å². The van der Waals surface area contributed by atoms with Gasteiger partial charge in [-0.05, 0) is 26.0 Å². The molecule has 15 heavy (non-hydrogen) atoms. The Morgan fingerprint density at radius 1 is 1.40 bits per heavy atom. The number of nitrogens with two attached hydrogens (primary N) is 1. The highest BCUT2D eigenvalue weighted by molar-refractivity contribution is 5.97. The molecule has 0 saturated heterocycles. The predicted octanol–water partition coefficient (Wildman–Crippen LogP) is 1.64. The molecule has 0 aliphatic heterocycles. The van der Waals surface area contributed by atoms with Gasteiger partial charge < -0.3 is 11.1 Å². The summed E-state index contributed by atoms with van der Waals surface area (Å²) in [5, 5.41) is 2.21. The summed E-state index contributed by atoms with van der Waals surface area (Å²) in [6.07, 6.45) is 0. The lowest BCUT2D eigenvalue weighted by Crippen LogP contribution is -2.45. The number of hydrogen-bond acceptors (Lipinski definition) is 2. The van der Waals surface area contributed by atoms with E-state index < -0.39 is 23.1 Å². The van der Waals surface area contributed by atoms with Gasteiger partial charge in [0, 0.05) is 0 Å². The van der Waals surface area contributed by atoms with Crippen LogP contribution in [0.5, 0.6) is 0 Å². The Labute approximate surface area is 86.3 Å². The number of amides is 1. The Balaban J connectivity index is 2.91. The van der Waals surface area contributed by atoms with Crippen molar-refractivity contribution >= 4 is 11.6 Å². The van der Waals surface area contributed by atoms with Gasteiger partial charge in [-0.1, -0.05) is 6.07 Å². The van der Waals surface area contributed by atoms with Crippen molar-refractivity contribution in [3.63, 3.8) is 0 Å². The quantitative estimate of drug-likeness (QED) is 0.786. The third kappa shape index (κ3) is 2.73. The van der Waals surface area contributed by atoms with Gasteiger partial charge in [0.15, 0.2) is 11.6 Å². The summed E-state index contributed by atoms with van der Waals surface area (Å²) < 4.78 is 25.9. The maximum Gasteiger partial charge on any atom is 0.243 e. The van der Waals surface area contributed by atoms with E-state index in [1.807, 2.05) is 0 Å². The van der Waals surface area contributed by atoms with E-state index in [4.69, 9.17) is 5.73 Å². The van der Waals surface area contributed by atoms with Crippen LogP contribution in [0.25, 0.3) is 0 Å². The molecule has 1 rings (SSSR count). The molecular formula is C10H12F2N2O. The van der Waals surface area contributed by atoms with Crippen LogP contribution in [0.4, 0.5) is 14.5 Å². The van der Waals surface area contributed by atoms with Crippen molar-refractivity contribution < 1.29 is 13.6 Å². The van der Waals surface area contributed by atoms with Crippen molar-refractivity contribution in [3.8, 4) is 0 Å². The molecule has 0 atom stereocenters. The van der Waals surface area contributed by atoms with E-state index in [0.29, 0.717) is 0 Å². The second-order valence-corrected chi connectivity index (χ2v) is 3.78. The summed E-state index contributed by atoms with van der Waals surface area (Å²) in [5.41, 5.74) is 4.14. The fourth-order valence-electron chi connectivity index (χ4n) is 0.884. The molecule has 3 nitrogen and oxygen atoms in total. The Bertz CT molecular complexity index is 385. The van der Waals surface area contributed by atoms with Crippen molar-refractivity contribution in [2.75, 3.05) is 5.32 Å². The van der Waals surface area contributed by atoms with Crippen LogP contribution in [0.2, 0.25) is 0 Å². The standard InChI is InChI=1S/C10H12F2N2O/c1-10(2,13)9(15)14-7-5-3-4-6(11)8(7)12/h3-5H,13H2,1-2H3,(H,14,15). The first-order chi connectivity index (χ1) is 6.82. The molecule has 1 amide bonds. The normalized spacial score (nSPS) is 11.3. The molecule has 0 unspecified atom stereocenters. The molecular weight excluding hydrogens is 202 g/mol. The monoisotopic (exact) mass is 214 g/mol. The molecule has 3 N–H and O–H groups in total. The third-order valence-electron chi connectivity index (χ3n) is 1.79. The molecule has 5 heteroatoms. The number of anilines is 1. The smallest absolute Gasteiger partial charge is 0.243 e. The summed E-state index contributed by atoms with van der Waals surface area (Å²) in [6, 6.07) is 3.54. The van der Waals surface area contributed by atoms with E-state index in [9.17, 15) is 13.6 Å². The van der Waals surface area contributed by atoms with Crippen LogP contribution >= 0.6 is 0 Å². The second kappa shape index (κ2) is 3.94. The highest BCUT2D eigenvalue weighted by atomic mass is 19.2. The number of carbonyl (C=O) groups is 1. The number of carbonyl (C=O) groups excluding carboxylic acids is 1. The first-order valence-corrected chi connectivity index (χ1v) is 4.36. The zero-order chi connectivity index (χ0) is 11.6. The summed E-state index contributed by atoms with van der Waals surface area (Å²) in [4.78, 5) is 11.4. The van der Waals surface area contributed by atoms with E-state index in [2.05, 4.69) is 5.32 Å². The lowest BCUT2D eigenvalue weighted by atomic mass is 10.1. The van der Waals surface area contributed by atoms with Gasteiger partial charge in [-0.25, -0.2) is 8.78 Å². The Kier molecular flexibility index (Phi) is 3.04. The van der Waals surface area contributed by atoms with Crippen LogP contribution in [0.15, 0.2) is 18.2 Å². The van der Waals surface area contributed by atoms with Crippen molar-refractivity contribution in [3.05, 3.63) is 29.8 Å². The summed E-state index contributed by atoms with van der Waals surface area (Å²) in [5.74, 6) is -2.68. The molecule has 0 heterocycles. The number of nitrogens with one attached hydrogen (secondary N) is 1. The Hall–Kier alpha value is -1.49. The largest absolute Gasteiger partial charge is 0.322 e. The maximum absolute atomic E-state index is 13.1. The fourth-order valence-corrected chi connectivity index (χ4v) is 0.884. The van der Waals surface area contributed by atoms with Crippen molar-refractivity contribution in [2.45, 2.75) is 19.4 Å². The average Bonchev–Trinajstić information content (AvgIpc) is 2.11. The minimum absolute atomic E-state index is 0.210. The zero-order valence-electron chi connectivity index (χ0n) is 8.47. The topological polar surface area (TPSA) is 55.1 Å². The van der Waals surface area contributed by atoms with Crippen LogP contribution in [0.3, 0.4) is 0 Å². The van der Waals surface area contributed by atoms with Crippen LogP contribution in [-0.2, 0) is 4.79 Å². The minimum atomic E-state index is -1.14. The minimum Gasteiger partial charge on any atom is -0.322 e. The van der Waals surface area contributed by atoms with E-state index in [1.165, 1.54) is 26.0 Å². The van der Waals surface area contributed by atoms with Gasteiger partial charge in [-0.15, -0.1) is 0 Å². The van der Waals surface area contributed by atoms with Gasteiger partial charge >= 0.3 is 0 Å². The van der Waals surface area contributed by atoms with Crippen LogP contribution in [0, 0.1) is 11.6 Å².